The number of fused-ring (bicyclic) bond motifs is 1. The van der Waals surface area contributed by atoms with Crippen molar-refractivity contribution in [2.45, 2.75) is 0 Å². The summed E-state index contributed by atoms with van der Waals surface area (Å²) >= 11 is 6.61. The van der Waals surface area contributed by atoms with Gasteiger partial charge in [-0.15, -0.1) is 0 Å². The predicted molar refractivity (Wildman–Crippen MR) is 126 cm³/mol. The van der Waals surface area contributed by atoms with Crippen molar-refractivity contribution in [2.24, 2.45) is 0 Å². The summed E-state index contributed by atoms with van der Waals surface area (Å²) in [4.78, 5) is 32.2. The number of benzene rings is 2. The first-order valence-electron chi connectivity index (χ1n) is 9.73. The smallest absolute Gasteiger partial charge is 0.305 e. The van der Waals surface area contributed by atoms with Gasteiger partial charge in [-0.25, -0.2) is 19.0 Å². The highest BCUT2D eigenvalue weighted by molar-refractivity contribution is 7.17. The maximum atomic E-state index is 14.7. The summed E-state index contributed by atoms with van der Waals surface area (Å²) in [6.07, 6.45) is 1.48. The summed E-state index contributed by atoms with van der Waals surface area (Å²) in [5.41, 5.74) is 1.11. The molecule has 1 amide bonds. The molecule has 0 aliphatic heterocycles. The summed E-state index contributed by atoms with van der Waals surface area (Å²) < 4.78 is 16.2. The molecule has 0 spiro atoms. The van der Waals surface area contributed by atoms with Gasteiger partial charge in [-0.1, -0.05) is 41.1 Å². The van der Waals surface area contributed by atoms with Crippen LogP contribution in [-0.2, 0) is 0 Å². The van der Waals surface area contributed by atoms with Gasteiger partial charge in [-0.2, -0.15) is 5.10 Å². The highest BCUT2D eigenvalue weighted by atomic mass is 35.5. The van der Waals surface area contributed by atoms with E-state index in [1.807, 2.05) is 30.3 Å². The summed E-state index contributed by atoms with van der Waals surface area (Å²) in [6.45, 7) is 0. The first-order chi connectivity index (χ1) is 16.4. The van der Waals surface area contributed by atoms with Crippen LogP contribution in [0.4, 0.5) is 15.2 Å². The van der Waals surface area contributed by atoms with Crippen molar-refractivity contribution in [1.29, 1.82) is 0 Å². The van der Waals surface area contributed by atoms with E-state index in [2.05, 4.69) is 20.4 Å². The molecule has 34 heavy (non-hydrogen) atoms. The molecular formula is C22H12ClFN6O3S. The lowest BCUT2D eigenvalue weighted by atomic mass is 10.2. The Morgan fingerprint density at radius 2 is 1.91 bits per heavy atom. The third kappa shape index (κ3) is 3.98. The summed E-state index contributed by atoms with van der Waals surface area (Å²) in [7, 11) is 0. The van der Waals surface area contributed by atoms with Crippen LogP contribution in [0.3, 0.4) is 0 Å². The molecule has 0 saturated heterocycles. The number of nitrogens with zero attached hydrogens (tertiary/aromatic N) is 5. The van der Waals surface area contributed by atoms with Gasteiger partial charge in [-0.3, -0.25) is 14.9 Å². The van der Waals surface area contributed by atoms with Crippen LogP contribution in [0.2, 0.25) is 5.02 Å². The van der Waals surface area contributed by atoms with E-state index < -0.39 is 16.6 Å². The largest absolute Gasteiger partial charge is 0.324 e. The number of carbonyl (C=O) groups excluding carboxylic acids is 1. The number of hydrogen-bond donors (Lipinski definition) is 1. The Hall–Kier alpha value is -4.22. The molecule has 0 unspecified atom stereocenters. The van der Waals surface area contributed by atoms with Gasteiger partial charge in [0, 0.05) is 11.1 Å². The Bertz CT molecular complexity index is 1570. The van der Waals surface area contributed by atoms with Crippen molar-refractivity contribution < 1.29 is 14.1 Å². The van der Waals surface area contributed by atoms with Gasteiger partial charge >= 0.3 is 5.00 Å². The number of anilines is 1. The van der Waals surface area contributed by atoms with Crippen LogP contribution >= 0.6 is 22.9 Å². The number of para-hydroxylation sites is 1. The Morgan fingerprint density at radius 3 is 2.62 bits per heavy atom. The average Bonchev–Trinajstić information content (AvgIpc) is 3.48. The van der Waals surface area contributed by atoms with Crippen LogP contribution in [0.1, 0.15) is 9.67 Å². The number of aromatic nitrogens is 4. The number of amides is 1. The standard InChI is InChI=1S/C22H12ClFN6O3S/c23-12-6-7-14(16(24)10-12)19-26-20(28-22(31)17-8-9-18(34-17)30(32)33)15-11-25-29(21(15)27-19)13-4-2-1-3-5-13/h1-11H,(H,26,27,28,31). The van der Waals surface area contributed by atoms with E-state index in [4.69, 9.17) is 11.6 Å². The molecule has 168 valence electrons. The van der Waals surface area contributed by atoms with E-state index in [1.54, 1.807) is 4.68 Å². The Kier molecular flexibility index (Phi) is 5.48. The minimum absolute atomic E-state index is 0.00630. The lowest BCUT2D eigenvalue weighted by molar-refractivity contribution is -0.380. The molecule has 0 aliphatic carbocycles. The van der Waals surface area contributed by atoms with Crippen molar-refractivity contribution in [3.8, 4) is 17.1 Å². The monoisotopic (exact) mass is 494 g/mol. The van der Waals surface area contributed by atoms with Crippen LogP contribution < -0.4 is 5.32 Å². The van der Waals surface area contributed by atoms with Gasteiger partial charge in [0.15, 0.2) is 11.5 Å². The molecule has 3 aromatic heterocycles. The van der Waals surface area contributed by atoms with Crippen LogP contribution in [0.15, 0.2) is 66.9 Å². The van der Waals surface area contributed by atoms with Crippen molar-refractivity contribution in [3.05, 3.63) is 92.7 Å². The van der Waals surface area contributed by atoms with E-state index >= 15 is 0 Å². The van der Waals surface area contributed by atoms with Crippen LogP contribution in [0, 0.1) is 15.9 Å². The number of nitro groups is 1. The van der Waals surface area contributed by atoms with Gasteiger partial charge in [-0.05, 0) is 36.4 Å². The lowest BCUT2D eigenvalue weighted by Crippen LogP contribution is -2.13. The fourth-order valence-corrected chi connectivity index (χ4v) is 4.14. The number of halogens is 2. The molecule has 0 saturated carbocycles. The van der Waals surface area contributed by atoms with Crippen molar-refractivity contribution in [3.63, 3.8) is 0 Å². The molecular weight excluding hydrogens is 483 g/mol. The molecule has 5 rings (SSSR count). The van der Waals surface area contributed by atoms with Gasteiger partial charge in [0.2, 0.25) is 0 Å². The van der Waals surface area contributed by atoms with Gasteiger partial charge in [0.05, 0.1) is 32.6 Å². The molecule has 9 nitrogen and oxygen atoms in total. The maximum Gasteiger partial charge on any atom is 0.324 e. The maximum absolute atomic E-state index is 14.7. The number of hydrogen-bond acceptors (Lipinski definition) is 7. The van der Waals surface area contributed by atoms with Crippen LogP contribution in [0.25, 0.3) is 28.1 Å². The second kappa shape index (κ2) is 8.61. The minimum atomic E-state index is -0.635. The van der Waals surface area contributed by atoms with Crippen molar-refractivity contribution in [1.82, 2.24) is 19.7 Å². The van der Waals surface area contributed by atoms with Gasteiger partial charge < -0.3 is 5.32 Å². The normalized spacial score (nSPS) is 11.0. The van der Waals surface area contributed by atoms with E-state index in [9.17, 15) is 19.3 Å². The molecule has 0 radical (unpaired) electrons. The molecule has 12 heteroatoms. The molecule has 0 bridgehead atoms. The second-order valence-electron chi connectivity index (χ2n) is 7.00. The molecule has 1 N–H and O–H groups in total. The Labute approximate surface area is 199 Å². The first kappa shape index (κ1) is 21.6. The van der Waals surface area contributed by atoms with Gasteiger partial charge in [0.1, 0.15) is 11.6 Å². The Balaban J connectivity index is 1.65. The van der Waals surface area contributed by atoms with Crippen LogP contribution in [-0.4, -0.2) is 30.6 Å². The van der Waals surface area contributed by atoms with Crippen LogP contribution in [0.5, 0.6) is 0 Å². The predicted octanol–water partition coefficient (Wildman–Crippen LogP) is 5.50. The zero-order valence-electron chi connectivity index (χ0n) is 17.0. The third-order valence-corrected chi connectivity index (χ3v) is 6.10. The van der Waals surface area contributed by atoms with E-state index in [-0.39, 0.29) is 32.1 Å². The summed E-state index contributed by atoms with van der Waals surface area (Å²) in [6, 6.07) is 15.8. The number of thiophene rings is 1. The number of rotatable bonds is 5. The topological polar surface area (TPSA) is 116 Å². The Morgan fingerprint density at radius 1 is 1.12 bits per heavy atom. The van der Waals surface area contributed by atoms with Gasteiger partial charge in [0.25, 0.3) is 5.91 Å². The third-order valence-electron chi connectivity index (χ3n) is 4.83. The SMILES string of the molecule is O=C(Nc1nc(-c2ccc(Cl)cc2F)nc2c1cnn2-c1ccccc1)c1ccc([N+](=O)[O-])s1. The highest BCUT2D eigenvalue weighted by Crippen LogP contribution is 2.30. The summed E-state index contributed by atoms with van der Waals surface area (Å²) in [5.74, 6) is -1.15. The average molecular weight is 495 g/mol. The zero-order valence-corrected chi connectivity index (χ0v) is 18.5. The molecule has 3 heterocycles. The minimum Gasteiger partial charge on any atom is -0.305 e. The van der Waals surface area contributed by atoms with E-state index in [0.717, 1.165) is 17.4 Å². The quantitative estimate of drug-likeness (QED) is 0.255. The fourth-order valence-electron chi connectivity index (χ4n) is 3.27. The molecule has 0 fully saturated rings. The first-order valence-corrected chi connectivity index (χ1v) is 10.9. The second-order valence-corrected chi connectivity index (χ2v) is 8.50. The van der Waals surface area contributed by atoms with Crippen molar-refractivity contribution in [2.75, 3.05) is 5.32 Å². The number of nitrogens with one attached hydrogen (secondary N) is 1. The molecule has 2 aromatic carbocycles. The highest BCUT2D eigenvalue weighted by Gasteiger charge is 2.21. The fraction of sp³-hybridized carbons (Fsp3) is 0. The number of carbonyl (C=O) groups is 1. The van der Waals surface area contributed by atoms with E-state index in [1.165, 1.54) is 30.5 Å². The molecule has 0 aliphatic rings. The summed E-state index contributed by atoms with van der Waals surface area (Å²) in [5, 5.41) is 18.4. The lowest BCUT2D eigenvalue weighted by Gasteiger charge is -2.09. The molecule has 0 atom stereocenters. The van der Waals surface area contributed by atoms with E-state index in [0.29, 0.717) is 16.7 Å². The molecule has 5 aromatic rings. The zero-order chi connectivity index (χ0) is 23.8. The van der Waals surface area contributed by atoms with Crippen molar-refractivity contribution >= 4 is 50.7 Å².